The van der Waals surface area contributed by atoms with Crippen molar-refractivity contribution in [1.29, 1.82) is 0 Å². The highest BCUT2D eigenvalue weighted by Crippen LogP contribution is 2.33. The van der Waals surface area contributed by atoms with E-state index in [1.165, 1.54) is 12.5 Å². The van der Waals surface area contributed by atoms with Crippen molar-refractivity contribution in [2.75, 3.05) is 0 Å². The van der Waals surface area contributed by atoms with Gasteiger partial charge in [-0.1, -0.05) is 42.5 Å². The number of nitrogens with zero attached hydrogens (tertiary/aromatic N) is 2. The number of aliphatic imine (C=N–C) groups is 1. The molecule has 0 saturated heterocycles. The number of oxazole rings is 1. The third-order valence-electron chi connectivity index (χ3n) is 3.57. The summed E-state index contributed by atoms with van der Waals surface area (Å²) in [7, 11) is 0. The van der Waals surface area contributed by atoms with Crippen LogP contribution in [-0.4, -0.2) is 22.0 Å². The van der Waals surface area contributed by atoms with Crippen LogP contribution in [0.4, 0.5) is 5.69 Å². The van der Waals surface area contributed by atoms with Crippen LogP contribution in [0.3, 0.4) is 0 Å². The van der Waals surface area contributed by atoms with Crippen molar-refractivity contribution in [3.63, 3.8) is 0 Å². The minimum Gasteiger partial charge on any atom is -0.477 e. The Balaban J connectivity index is 2.31. The lowest BCUT2D eigenvalue weighted by Crippen LogP contribution is -2.21. The Bertz CT molecular complexity index is 973. The second-order valence-electron chi connectivity index (χ2n) is 5.35. The molecule has 1 aromatic heterocycles. The monoisotopic (exact) mass is 348 g/mol. The van der Waals surface area contributed by atoms with E-state index in [2.05, 4.69) is 9.98 Å². The van der Waals surface area contributed by atoms with Crippen LogP contribution in [0.15, 0.2) is 76.5 Å². The molecule has 3 aromatic rings. The zero-order valence-corrected chi connectivity index (χ0v) is 13.7. The molecule has 0 fully saturated rings. The number of hydrogen-bond donors (Lipinski definition) is 3. The number of guanidine groups is 1. The molecule has 3 rings (SSSR count). The molecular weight excluding hydrogens is 332 g/mol. The highest BCUT2D eigenvalue weighted by Gasteiger charge is 2.23. The summed E-state index contributed by atoms with van der Waals surface area (Å²) in [4.78, 5) is 20.1. The molecular formula is C19H16N4O3. The van der Waals surface area contributed by atoms with Crippen LogP contribution in [0.2, 0.25) is 0 Å². The largest absolute Gasteiger partial charge is 0.477 e. The quantitative estimate of drug-likeness (QED) is 0.369. The van der Waals surface area contributed by atoms with E-state index in [9.17, 15) is 9.90 Å². The molecule has 0 bridgehead atoms. The van der Waals surface area contributed by atoms with Crippen molar-refractivity contribution in [3.8, 4) is 0 Å². The SMILES string of the molecule is NC(N)=Nc1cccc(C(=C(C(=O)O)c2ncco2)c2ccccc2)c1. The molecule has 7 nitrogen and oxygen atoms in total. The predicted octanol–water partition coefficient (Wildman–Crippen LogP) is 2.62. The highest BCUT2D eigenvalue weighted by molar-refractivity contribution is 6.24. The van der Waals surface area contributed by atoms with E-state index in [0.717, 1.165) is 0 Å². The van der Waals surface area contributed by atoms with Gasteiger partial charge in [-0.3, -0.25) is 0 Å². The van der Waals surface area contributed by atoms with Crippen LogP contribution in [0.25, 0.3) is 11.1 Å². The van der Waals surface area contributed by atoms with E-state index in [-0.39, 0.29) is 17.4 Å². The lowest BCUT2D eigenvalue weighted by atomic mass is 9.92. The normalized spacial score (nSPS) is 11.5. The first-order chi connectivity index (χ1) is 12.6. The zero-order valence-electron chi connectivity index (χ0n) is 13.7. The maximum absolute atomic E-state index is 12.0. The summed E-state index contributed by atoms with van der Waals surface area (Å²) in [5, 5.41) is 9.83. The van der Waals surface area contributed by atoms with E-state index in [1.54, 1.807) is 24.3 Å². The van der Waals surface area contributed by atoms with Gasteiger partial charge in [0.2, 0.25) is 5.89 Å². The Morgan fingerprint density at radius 2 is 1.77 bits per heavy atom. The Labute approximate surface area is 149 Å². The fourth-order valence-electron chi connectivity index (χ4n) is 2.59. The second kappa shape index (κ2) is 7.35. The molecule has 0 aliphatic rings. The second-order valence-corrected chi connectivity index (χ2v) is 5.35. The lowest BCUT2D eigenvalue weighted by Gasteiger charge is -2.12. The van der Waals surface area contributed by atoms with E-state index in [1.807, 2.05) is 30.3 Å². The number of carboxylic acids is 1. The van der Waals surface area contributed by atoms with Crippen molar-refractivity contribution in [2.45, 2.75) is 0 Å². The highest BCUT2D eigenvalue weighted by atomic mass is 16.4. The summed E-state index contributed by atoms with van der Waals surface area (Å²) in [5.41, 5.74) is 13.1. The summed E-state index contributed by atoms with van der Waals surface area (Å²) < 4.78 is 5.26. The number of nitrogens with two attached hydrogens (primary N) is 2. The first kappa shape index (κ1) is 17.0. The molecule has 1 heterocycles. The fraction of sp³-hybridized carbons (Fsp3) is 0. The van der Waals surface area contributed by atoms with Crippen molar-refractivity contribution in [2.24, 2.45) is 16.5 Å². The maximum Gasteiger partial charge on any atom is 0.341 e. The van der Waals surface area contributed by atoms with Gasteiger partial charge in [0.05, 0.1) is 11.9 Å². The van der Waals surface area contributed by atoms with Gasteiger partial charge in [0, 0.05) is 5.57 Å². The average molecular weight is 348 g/mol. The molecule has 130 valence electrons. The van der Waals surface area contributed by atoms with E-state index >= 15 is 0 Å². The number of benzene rings is 2. The van der Waals surface area contributed by atoms with E-state index in [4.69, 9.17) is 15.9 Å². The molecule has 0 unspecified atom stereocenters. The zero-order chi connectivity index (χ0) is 18.5. The minimum atomic E-state index is -1.15. The van der Waals surface area contributed by atoms with Gasteiger partial charge in [0.1, 0.15) is 11.8 Å². The lowest BCUT2D eigenvalue weighted by molar-refractivity contribution is -0.130. The van der Waals surface area contributed by atoms with Crippen LogP contribution in [0.5, 0.6) is 0 Å². The summed E-state index contributed by atoms with van der Waals surface area (Å²) in [6, 6.07) is 16.1. The van der Waals surface area contributed by atoms with Crippen LogP contribution < -0.4 is 11.5 Å². The number of rotatable bonds is 5. The van der Waals surface area contributed by atoms with Gasteiger partial charge in [-0.2, -0.15) is 0 Å². The van der Waals surface area contributed by atoms with Gasteiger partial charge in [0.15, 0.2) is 5.96 Å². The number of carboxylic acid groups (broad SMARTS) is 1. The van der Waals surface area contributed by atoms with Gasteiger partial charge in [0.25, 0.3) is 0 Å². The fourth-order valence-corrected chi connectivity index (χ4v) is 2.59. The van der Waals surface area contributed by atoms with Crippen molar-refractivity contribution >= 4 is 28.8 Å². The van der Waals surface area contributed by atoms with E-state index in [0.29, 0.717) is 22.4 Å². The number of aliphatic carboxylic acids is 1. The van der Waals surface area contributed by atoms with Crippen molar-refractivity contribution in [1.82, 2.24) is 4.98 Å². The summed E-state index contributed by atoms with van der Waals surface area (Å²) >= 11 is 0. The molecule has 26 heavy (non-hydrogen) atoms. The Morgan fingerprint density at radius 3 is 2.38 bits per heavy atom. The van der Waals surface area contributed by atoms with Crippen LogP contribution in [0, 0.1) is 0 Å². The summed E-state index contributed by atoms with van der Waals surface area (Å²) in [5.74, 6) is -1.22. The molecule has 0 radical (unpaired) electrons. The van der Waals surface area contributed by atoms with Crippen LogP contribution >= 0.6 is 0 Å². The van der Waals surface area contributed by atoms with Gasteiger partial charge >= 0.3 is 5.97 Å². The Kier molecular flexibility index (Phi) is 4.80. The van der Waals surface area contributed by atoms with Gasteiger partial charge in [-0.05, 0) is 23.3 Å². The maximum atomic E-state index is 12.0. The van der Waals surface area contributed by atoms with Crippen LogP contribution in [0.1, 0.15) is 17.0 Å². The minimum absolute atomic E-state index is 0.0172. The summed E-state index contributed by atoms with van der Waals surface area (Å²) in [6.45, 7) is 0. The number of aromatic nitrogens is 1. The number of hydrogen-bond acceptors (Lipinski definition) is 4. The van der Waals surface area contributed by atoms with Gasteiger partial charge < -0.3 is 21.0 Å². The summed E-state index contributed by atoms with van der Waals surface area (Å²) in [6.07, 6.45) is 2.73. The van der Waals surface area contributed by atoms with Gasteiger partial charge in [-0.25, -0.2) is 14.8 Å². The molecule has 0 atom stereocenters. The molecule has 0 aliphatic carbocycles. The molecule has 7 heteroatoms. The molecule has 0 saturated carbocycles. The molecule has 5 N–H and O–H groups in total. The third kappa shape index (κ3) is 3.62. The average Bonchev–Trinajstić information content (AvgIpc) is 3.13. The number of carbonyl (C=O) groups is 1. The van der Waals surface area contributed by atoms with Crippen molar-refractivity contribution < 1.29 is 14.3 Å². The Hall–Kier alpha value is -3.87. The molecule has 2 aromatic carbocycles. The van der Waals surface area contributed by atoms with Gasteiger partial charge in [-0.15, -0.1) is 0 Å². The topological polar surface area (TPSA) is 128 Å². The molecule has 0 aliphatic heterocycles. The first-order valence-corrected chi connectivity index (χ1v) is 7.69. The van der Waals surface area contributed by atoms with Crippen LogP contribution in [-0.2, 0) is 4.79 Å². The molecule has 0 amide bonds. The Morgan fingerprint density at radius 1 is 1.04 bits per heavy atom. The molecule has 0 spiro atoms. The third-order valence-corrected chi connectivity index (χ3v) is 3.57. The van der Waals surface area contributed by atoms with Crippen molar-refractivity contribution in [3.05, 3.63) is 84.1 Å². The standard InChI is InChI=1S/C19H16N4O3/c20-19(21)23-14-8-4-7-13(11-14)15(12-5-2-1-3-6-12)16(18(24)25)17-22-9-10-26-17/h1-11H,(H,24,25)(H4,20,21,23). The first-order valence-electron chi connectivity index (χ1n) is 7.69. The van der Waals surface area contributed by atoms with E-state index < -0.39 is 5.97 Å². The predicted molar refractivity (Wildman–Crippen MR) is 98.4 cm³/mol. The smallest absolute Gasteiger partial charge is 0.341 e.